The van der Waals surface area contributed by atoms with Crippen LogP contribution in [-0.2, 0) is 28.4 Å². The van der Waals surface area contributed by atoms with E-state index in [4.69, 9.17) is 9.20 Å². The van der Waals surface area contributed by atoms with Gasteiger partial charge < -0.3 is 14.8 Å². The van der Waals surface area contributed by atoms with Gasteiger partial charge in [0, 0.05) is 17.3 Å². The highest BCUT2D eigenvalue weighted by Crippen LogP contribution is 2.47. The number of fused-ring (bicyclic) bond motifs is 1. The Labute approximate surface area is 181 Å². The summed E-state index contributed by atoms with van der Waals surface area (Å²) in [5.41, 5.74) is 1.84. The van der Waals surface area contributed by atoms with Crippen molar-refractivity contribution in [1.29, 1.82) is 4.78 Å². The van der Waals surface area contributed by atoms with Crippen LogP contribution >= 0.6 is 0 Å². The highest BCUT2D eigenvalue weighted by atomic mass is 32.2. The lowest BCUT2D eigenvalue weighted by atomic mass is 9.90. The number of urea groups is 1. The second kappa shape index (κ2) is 7.63. The van der Waals surface area contributed by atoms with Crippen LogP contribution in [0, 0.1) is 16.5 Å². The Balaban J connectivity index is 1.60. The molecule has 0 saturated heterocycles. The number of rotatable bonds is 6. The molecule has 2 amide bonds. The highest BCUT2D eigenvalue weighted by molar-refractivity contribution is 7.91. The first-order chi connectivity index (χ1) is 14.5. The molecule has 0 aliphatic heterocycles. The predicted molar refractivity (Wildman–Crippen MR) is 115 cm³/mol. The summed E-state index contributed by atoms with van der Waals surface area (Å²) >= 11 is 0. The van der Waals surface area contributed by atoms with Crippen molar-refractivity contribution in [3.8, 4) is 0 Å². The van der Waals surface area contributed by atoms with Crippen molar-refractivity contribution in [3.63, 3.8) is 0 Å². The van der Waals surface area contributed by atoms with E-state index in [2.05, 4.69) is 10.0 Å². The van der Waals surface area contributed by atoms with Gasteiger partial charge in [0.2, 0.25) is 5.09 Å². The lowest BCUT2D eigenvalue weighted by Gasteiger charge is -2.21. The lowest BCUT2D eigenvalue weighted by molar-refractivity contribution is 0.0779. The molecule has 0 spiro atoms. The molecule has 1 heterocycles. The summed E-state index contributed by atoms with van der Waals surface area (Å²) in [5, 5.41) is 12.5. The van der Waals surface area contributed by atoms with Gasteiger partial charge in [0.25, 0.3) is 0 Å². The fraction of sp³-hybridized carbons (Fsp3) is 0.500. The Bertz CT molecular complexity index is 1130. The predicted octanol–water partition coefficient (Wildman–Crippen LogP) is 4.79. The van der Waals surface area contributed by atoms with Crippen molar-refractivity contribution >= 4 is 21.6 Å². The van der Waals surface area contributed by atoms with Gasteiger partial charge in [-0.15, -0.1) is 0 Å². The molecular weight excluding hydrogens is 421 g/mol. The third-order valence-electron chi connectivity index (χ3n) is 6.24. The maximum atomic E-state index is 14.7. The molecule has 0 radical (unpaired) electrons. The quantitative estimate of drug-likeness (QED) is 0.507. The van der Waals surface area contributed by atoms with Crippen LogP contribution in [0.25, 0.3) is 0 Å². The number of aliphatic hydroxyl groups is 1. The minimum absolute atomic E-state index is 0.0930. The normalized spacial score (nSPS) is 18.9. The maximum Gasteiger partial charge on any atom is 0.332 e. The van der Waals surface area contributed by atoms with Crippen molar-refractivity contribution in [2.75, 3.05) is 5.32 Å². The van der Waals surface area contributed by atoms with Crippen LogP contribution in [0.15, 0.2) is 27.9 Å². The van der Waals surface area contributed by atoms with Crippen LogP contribution < -0.4 is 10.0 Å². The van der Waals surface area contributed by atoms with Gasteiger partial charge in [-0.25, -0.2) is 22.9 Å². The first kappa shape index (κ1) is 21.8. The number of hydrogen-bond donors (Lipinski definition) is 4. The van der Waals surface area contributed by atoms with Crippen LogP contribution in [0.4, 0.5) is 14.9 Å². The van der Waals surface area contributed by atoms with Crippen LogP contribution in [0.3, 0.4) is 0 Å². The molecule has 1 aromatic heterocycles. The second-order valence-electron chi connectivity index (χ2n) is 9.09. The summed E-state index contributed by atoms with van der Waals surface area (Å²) < 4.78 is 42.9. The van der Waals surface area contributed by atoms with Gasteiger partial charge in [-0.3, -0.25) is 0 Å². The Morgan fingerprint density at radius 1 is 1.32 bits per heavy atom. The fourth-order valence-corrected chi connectivity index (χ4v) is 5.11. The monoisotopic (exact) mass is 449 g/mol. The summed E-state index contributed by atoms with van der Waals surface area (Å²) in [7, 11) is -3.79. The largest absolute Gasteiger partial charge is 0.452 e. The number of nitrogens with one attached hydrogen (secondary N) is 3. The third-order valence-corrected chi connectivity index (χ3v) is 7.49. The molecule has 9 heteroatoms. The van der Waals surface area contributed by atoms with E-state index in [0.29, 0.717) is 35.6 Å². The molecule has 31 heavy (non-hydrogen) atoms. The minimum atomic E-state index is -3.79. The molecule has 4 rings (SSSR count). The lowest BCUT2D eigenvalue weighted by Crippen LogP contribution is -2.34. The molecule has 2 aliphatic carbocycles. The van der Waals surface area contributed by atoms with Crippen LogP contribution in [0.5, 0.6) is 0 Å². The Hall–Kier alpha value is -2.39. The number of hydrogen-bond acceptors (Lipinski definition) is 5. The molecule has 1 fully saturated rings. The Morgan fingerprint density at radius 3 is 2.61 bits per heavy atom. The first-order valence-corrected chi connectivity index (χ1v) is 12.1. The topological polar surface area (TPSA) is 115 Å². The summed E-state index contributed by atoms with van der Waals surface area (Å²) in [5.74, 6) is 0.321. The van der Waals surface area contributed by atoms with E-state index in [9.17, 15) is 18.5 Å². The molecule has 7 nitrogen and oxygen atoms in total. The Morgan fingerprint density at radius 2 is 2.00 bits per heavy atom. The van der Waals surface area contributed by atoms with E-state index in [1.165, 1.54) is 32.2 Å². The van der Waals surface area contributed by atoms with Crippen LogP contribution in [0.1, 0.15) is 68.2 Å². The fourth-order valence-electron chi connectivity index (χ4n) is 4.22. The van der Waals surface area contributed by atoms with Crippen molar-refractivity contribution < 1.29 is 22.9 Å². The summed E-state index contributed by atoms with van der Waals surface area (Å²) in [4.78, 5) is 12.7. The van der Waals surface area contributed by atoms with E-state index in [-0.39, 0.29) is 16.8 Å². The van der Waals surface area contributed by atoms with E-state index >= 15 is 0 Å². The summed E-state index contributed by atoms with van der Waals surface area (Å²) in [6, 6.07) is 2.00. The first-order valence-electron chi connectivity index (χ1n) is 10.5. The minimum Gasteiger partial charge on any atom is -0.452 e. The van der Waals surface area contributed by atoms with Crippen LogP contribution in [-0.4, -0.2) is 15.3 Å². The van der Waals surface area contributed by atoms with Gasteiger partial charge in [-0.1, -0.05) is 6.92 Å². The third kappa shape index (κ3) is 4.34. The SMILES string of the molecule is C[C@H](c1cc(F)c2c(c1NC(=O)N[S@](=N)(=O)c1cc(C(C)(C)O)co1)CCC2)C1CC1. The molecule has 2 aromatic rings. The number of furan rings is 1. The molecule has 1 aromatic carbocycles. The molecule has 2 atom stereocenters. The van der Waals surface area contributed by atoms with Crippen LogP contribution in [0.2, 0.25) is 0 Å². The number of benzene rings is 1. The molecule has 0 unspecified atom stereocenters. The average molecular weight is 450 g/mol. The van der Waals surface area contributed by atoms with Crippen molar-refractivity contribution in [3.05, 3.63) is 46.5 Å². The maximum absolute atomic E-state index is 14.7. The van der Waals surface area contributed by atoms with Gasteiger partial charge in [0.1, 0.15) is 5.82 Å². The molecule has 1 saturated carbocycles. The number of halogens is 1. The van der Waals surface area contributed by atoms with Crippen molar-refractivity contribution in [2.45, 2.75) is 69.5 Å². The molecule has 4 N–H and O–H groups in total. The average Bonchev–Trinajstić information content (AvgIpc) is 3.17. The van der Waals surface area contributed by atoms with E-state index in [0.717, 1.165) is 30.4 Å². The van der Waals surface area contributed by atoms with E-state index < -0.39 is 21.5 Å². The van der Waals surface area contributed by atoms with Gasteiger partial charge in [0.05, 0.1) is 11.9 Å². The molecule has 168 valence electrons. The Kier molecular flexibility index (Phi) is 5.37. The van der Waals surface area contributed by atoms with Crippen molar-refractivity contribution in [2.24, 2.45) is 5.92 Å². The summed E-state index contributed by atoms with van der Waals surface area (Å²) in [6.07, 6.45) is 5.46. The molecular formula is C22H28FN3O4S. The molecule has 2 aliphatic rings. The van der Waals surface area contributed by atoms with Gasteiger partial charge in [0.15, 0.2) is 9.92 Å². The zero-order valence-corrected chi connectivity index (χ0v) is 18.7. The van der Waals surface area contributed by atoms with Gasteiger partial charge >= 0.3 is 6.03 Å². The number of anilines is 1. The van der Waals surface area contributed by atoms with Gasteiger partial charge in [-0.2, -0.15) is 0 Å². The summed E-state index contributed by atoms with van der Waals surface area (Å²) in [6.45, 7) is 5.10. The smallest absolute Gasteiger partial charge is 0.332 e. The molecule has 0 bridgehead atoms. The number of amides is 2. The van der Waals surface area contributed by atoms with E-state index in [1.54, 1.807) is 0 Å². The number of carbonyl (C=O) groups excluding carboxylic acids is 1. The van der Waals surface area contributed by atoms with E-state index in [1.807, 2.05) is 6.92 Å². The standard InChI is InChI=1S/C22H28FN3O4S/c1-12(13-7-8-13)17-10-18(23)15-5-4-6-16(15)20(17)25-21(27)26-31(24,29)19-9-14(11-30-19)22(2,3)28/h9-13,28H,4-8H2,1-3H3,(H3,24,25,26,27,29)/t12-,31-/m0/s1. The van der Waals surface area contributed by atoms with Crippen molar-refractivity contribution in [1.82, 2.24) is 4.72 Å². The zero-order valence-electron chi connectivity index (χ0n) is 17.9. The zero-order chi connectivity index (χ0) is 22.6. The highest BCUT2D eigenvalue weighted by Gasteiger charge is 2.34. The number of carbonyl (C=O) groups is 1. The second-order valence-corrected chi connectivity index (χ2v) is 10.8. The van der Waals surface area contributed by atoms with Gasteiger partial charge in [-0.05, 0) is 80.5 Å².